The van der Waals surface area contributed by atoms with Gasteiger partial charge in [0.25, 0.3) is 0 Å². The molecule has 0 aliphatic rings. The lowest BCUT2D eigenvalue weighted by Crippen LogP contribution is -1.87. The molecule has 0 radical (unpaired) electrons. The van der Waals surface area contributed by atoms with E-state index >= 15 is 0 Å². The molecule has 0 spiro atoms. The number of allylic oxidation sites excluding steroid dienone is 2. The van der Waals surface area contributed by atoms with Crippen molar-refractivity contribution in [2.75, 3.05) is 0 Å². The van der Waals surface area contributed by atoms with Gasteiger partial charge >= 0.3 is 0 Å². The number of hydrogen-bond donors (Lipinski definition) is 0. The summed E-state index contributed by atoms with van der Waals surface area (Å²) >= 11 is 0. The van der Waals surface area contributed by atoms with Crippen molar-refractivity contribution in [3.05, 3.63) is 25.3 Å². The Kier molecular flexibility index (Phi) is 4.63. The van der Waals surface area contributed by atoms with Gasteiger partial charge < -0.3 is 0 Å². The summed E-state index contributed by atoms with van der Waals surface area (Å²) in [6.07, 6.45) is 4.61. The monoisotopic (exact) mass is 120 g/mol. The van der Waals surface area contributed by atoms with Crippen molar-refractivity contribution in [1.82, 2.24) is 0 Å². The summed E-state index contributed by atoms with van der Waals surface area (Å²) in [7, 11) is 0. The molecule has 0 heterocycles. The Morgan fingerprint density at radius 1 is 1.56 bits per heavy atom. The van der Waals surface area contributed by atoms with Crippen LogP contribution in [0.5, 0.6) is 0 Å². The highest BCUT2D eigenvalue weighted by Crippen LogP contribution is 2.01. The molecule has 0 nitrogen and oxygen atoms in total. The van der Waals surface area contributed by atoms with E-state index in [9.17, 15) is 0 Å². The summed E-state index contributed by atoms with van der Waals surface area (Å²) in [5.74, 6) is 6.13. The van der Waals surface area contributed by atoms with Crippen LogP contribution in [0.4, 0.5) is 0 Å². The minimum atomic E-state index is 0.299. The summed E-state index contributed by atoms with van der Waals surface area (Å²) in [5.41, 5.74) is 0. The van der Waals surface area contributed by atoms with Crippen molar-refractivity contribution in [1.29, 1.82) is 0 Å². The van der Waals surface area contributed by atoms with Gasteiger partial charge in [-0.15, -0.1) is 19.1 Å². The first kappa shape index (κ1) is 8.04. The molecule has 0 bridgehead atoms. The average molecular weight is 120 g/mol. The molecule has 1 atom stereocenters. The van der Waals surface area contributed by atoms with Crippen molar-refractivity contribution in [3.63, 3.8) is 0 Å². The van der Waals surface area contributed by atoms with E-state index in [1.54, 1.807) is 0 Å². The van der Waals surface area contributed by atoms with Gasteiger partial charge in [-0.05, 0) is 13.3 Å². The van der Waals surface area contributed by atoms with Crippen molar-refractivity contribution < 1.29 is 0 Å². The van der Waals surface area contributed by atoms with Crippen LogP contribution in [-0.4, -0.2) is 0 Å². The molecule has 0 aliphatic heterocycles. The Hall–Kier alpha value is -0.960. The van der Waals surface area contributed by atoms with Gasteiger partial charge in [-0.25, -0.2) is 0 Å². The first-order valence-electron chi connectivity index (χ1n) is 3.01. The molecule has 0 amide bonds. The summed E-state index contributed by atoms with van der Waals surface area (Å²) in [6.45, 7) is 9.10. The van der Waals surface area contributed by atoms with Gasteiger partial charge in [0, 0.05) is 5.92 Å². The second-order valence-electron chi connectivity index (χ2n) is 1.76. The zero-order chi connectivity index (χ0) is 7.11. The second-order valence-corrected chi connectivity index (χ2v) is 1.76. The lowest BCUT2D eigenvalue weighted by molar-refractivity contribution is 0.867. The molecule has 9 heavy (non-hydrogen) atoms. The fourth-order valence-corrected chi connectivity index (χ4v) is 0.579. The molecule has 0 N–H and O–H groups in total. The van der Waals surface area contributed by atoms with Crippen LogP contribution in [0.1, 0.15) is 13.3 Å². The van der Waals surface area contributed by atoms with Gasteiger partial charge in [0.15, 0.2) is 0 Å². The smallest absolute Gasteiger partial charge is 0.0414 e. The predicted octanol–water partition coefficient (Wildman–Crippen LogP) is 2.39. The molecule has 0 saturated heterocycles. The third-order valence-electron chi connectivity index (χ3n) is 1.03. The van der Waals surface area contributed by atoms with E-state index in [2.05, 4.69) is 25.0 Å². The third kappa shape index (κ3) is 3.61. The van der Waals surface area contributed by atoms with Crippen molar-refractivity contribution in [2.24, 2.45) is 5.92 Å². The fraction of sp³-hybridized carbons (Fsp3) is 0.333. The lowest BCUT2D eigenvalue weighted by Gasteiger charge is -1.96. The maximum atomic E-state index is 3.65. The lowest BCUT2D eigenvalue weighted by atomic mass is 10.1. The van der Waals surface area contributed by atoms with Crippen LogP contribution in [0.3, 0.4) is 0 Å². The van der Waals surface area contributed by atoms with E-state index in [-0.39, 0.29) is 0 Å². The van der Waals surface area contributed by atoms with Crippen LogP contribution >= 0.6 is 0 Å². The average Bonchev–Trinajstić information content (AvgIpc) is 1.88. The SMILES string of the molecule is C=CCC(C#CC)C=C. The van der Waals surface area contributed by atoms with E-state index in [1.807, 2.05) is 19.1 Å². The Labute approximate surface area is 57.3 Å². The van der Waals surface area contributed by atoms with E-state index < -0.39 is 0 Å². The minimum Gasteiger partial charge on any atom is -0.106 e. The maximum absolute atomic E-state index is 3.65. The van der Waals surface area contributed by atoms with Gasteiger partial charge in [-0.3, -0.25) is 0 Å². The molecule has 0 heteroatoms. The van der Waals surface area contributed by atoms with Crippen molar-refractivity contribution in [2.45, 2.75) is 13.3 Å². The largest absolute Gasteiger partial charge is 0.106 e. The molecule has 1 unspecified atom stereocenters. The van der Waals surface area contributed by atoms with E-state index in [0.717, 1.165) is 6.42 Å². The molecular weight excluding hydrogens is 108 g/mol. The Morgan fingerprint density at radius 2 is 2.22 bits per heavy atom. The van der Waals surface area contributed by atoms with Crippen LogP contribution < -0.4 is 0 Å². The van der Waals surface area contributed by atoms with Crippen molar-refractivity contribution in [3.8, 4) is 11.8 Å². The Morgan fingerprint density at radius 3 is 2.56 bits per heavy atom. The molecule has 0 rings (SSSR count). The molecule has 0 aromatic carbocycles. The second kappa shape index (κ2) is 5.18. The van der Waals surface area contributed by atoms with Gasteiger partial charge in [-0.1, -0.05) is 18.1 Å². The maximum Gasteiger partial charge on any atom is 0.0414 e. The molecule has 0 fully saturated rings. The van der Waals surface area contributed by atoms with Gasteiger partial charge in [0.05, 0.1) is 0 Å². The van der Waals surface area contributed by atoms with Gasteiger partial charge in [0.2, 0.25) is 0 Å². The minimum absolute atomic E-state index is 0.299. The molecule has 0 aromatic heterocycles. The van der Waals surface area contributed by atoms with E-state index in [0.29, 0.717) is 5.92 Å². The van der Waals surface area contributed by atoms with Crippen LogP contribution in [0.15, 0.2) is 25.3 Å². The Balaban J connectivity index is 3.76. The molecule has 48 valence electrons. The van der Waals surface area contributed by atoms with E-state index in [4.69, 9.17) is 0 Å². The summed E-state index contributed by atoms with van der Waals surface area (Å²) in [6, 6.07) is 0. The van der Waals surface area contributed by atoms with Crippen molar-refractivity contribution >= 4 is 0 Å². The number of hydrogen-bond acceptors (Lipinski definition) is 0. The fourth-order valence-electron chi connectivity index (χ4n) is 0.579. The van der Waals surface area contributed by atoms with Crippen LogP contribution in [0, 0.1) is 17.8 Å². The molecule has 0 saturated carbocycles. The van der Waals surface area contributed by atoms with Gasteiger partial charge in [0.1, 0.15) is 0 Å². The highest BCUT2D eigenvalue weighted by molar-refractivity contribution is 5.08. The number of rotatable bonds is 3. The van der Waals surface area contributed by atoms with Gasteiger partial charge in [-0.2, -0.15) is 0 Å². The summed E-state index contributed by atoms with van der Waals surface area (Å²) < 4.78 is 0. The standard InChI is InChI=1S/C9H12/c1-4-7-9(6-3)8-5-2/h4,6,9H,1,3,7H2,2H3. The molecule has 0 aliphatic carbocycles. The quantitative estimate of drug-likeness (QED) is 0.396. The molecular formula is C9H12. The predicted molar refractivity (Wildman–Crippen MR) is 42.0 cm³/mol. The highest BCUT2D eigenvalue weighted by atomic mass is 13.9. The normalized spacial score (nSPS) is 10.8. The topological polar surface area (TPSA) is 0 Å². The van der Waals surface area contributed by atoms with E-state index in [1.165, 1.54) is 0 Å². The third-order valence-corrected chi connectivity index (χ3v) is 1.03. The van der Waals surface area contributed by atoms with Crippen LogP contribution in [-0.2, 0) is 0 Å². The first-order chi connectivity index (χ1) is 4.35. The highest BCUT2D eigenvalue weighted by Gasteiger charge is 1.92. The van der Waals surface area contributed by atoms with Crippen LogP contribution in [0.2, 0.25) is 0 Å². The summed E-state index contributed by atoms with van der Waals surface area (Å²) in [5, 5.41) is 0. The first-order valence-corrected chi connectivity index (χ1v) is 3.01. The zero-order valence-electron chi connectivity index (χ0n) is 5.85. The molecule has 0 aromatic rings. The zero-order valence-corrected chi connectivity index (χ0v) is 5.85. The summed E-state index contributed by atoms with van der Waals surface area (Å²) in [4.78, 5) is 0. The Bertz CT molecular complexity index is 143. The van der Waals surface area contributed by atoms with Crippen LogP contribution in [0.25, 0.3) is 0 Å².